The van der Waals surface area contributed by atoms with Crippen molar-refractivity contribution in [2.45, 2.75) is 13.0 Å². The van der Waals surface area contributed by atoms with Gasteiger partial charge in [0.2, 0.25) is 0 Å². The predicted molar refractivity (Wildman–Crippen MR) is 55.0 cm³/mol. The molecule has 0 N–H and O–H groups in total. The molecule has 0 saturated carbocycles. The van der Waals surface area contributed by atoms with Gasteiger partial charge in [-0.25, -0.2) is 9.67 Å². The van der Waals surface area contributed by atoms with Gasteiger partial charge in [0.25, 0.3) is 5.82 Å². The Bertz CT molecular complexity index is 481. The van der Waals surface area contributed by atoms with Crippen LogP contribution < -0.4 is 0 Å². The molecule has 0 aliphatic heterocycles. The third-order valence-corrected chi connectivity index (χ3v) is 2.29. The van der Waals surface area contributed by atoms with Crippen LogP contribution in [0.3, 0.4) is 0 Å². The average Bonchev–Trinajstić information content (AvgIpc) is 2.78. The summed E-state index contributed by atoms with van der Waals surface area (Å²) in [6.45, 7) is 2.02. The van der Waals surface area contributed by atoms with Gasteiger partial charge in [-0.2, -0.15) is 5.26 Å². The number of hydrogen-bond acceptors (Lipinski definition) is 3. The lowest BCUT2D eigenvalue weighted by Gasteiger charge is -2.10. The van der Waals surface area contributed by atoms with Crippen LogP contribution in [0.1, 0.15) is 24.4 Å². The molecule has 1 aromatic carbocycles. The van der Waals surface area contributed by atoms with Crippen molar-refractivity contribution in [1.29, 1.82) is 5.26 Å². The number of hydrogen-bond donors (Lipinski definition) is 0. The molecule has 0 aliphatic carbocycles. The highest BCUT2D eigenvalue weighted by Gasteiger charge is 2.08. The molecule has 0 aliphatic rings. The minimum Gasteiger partial charge on any atom is -0.244 e. The van der Waals surface area contributed by atoms with Crippen LogP contribution in [0, 0.1) is 11.3 Å². The summed E-state index contributed by atoms with van der Waals surface area (Å²) in [5.41, 5.74) is 1.15. The highest BCUT2D eigenvalue weighted by atomic mass is 15.3. The van der Waals surface area contributed by atoms with Crippen LogP contribution in [0.25, 0.3) is 0 Å². The van der Waals surface area contributed by atoms with E-state index in [1.807, 2.05) is 43.3 Å². The summed E-state index contributed by atoms with van der Waals surface area (Å²) < 4.78 is 1.69. The van der Waals surface area contributed by atoms with Gasteiger partial charge in [0.1, 0.15) is 12.4 Å². The molecule has 15 heavy (non-hydrogen) atoms. The van der Waals surface area contributed by atoms with Crippen LogP contribution in [-0.2, 0) is 0 Å². The molecule has 4 heteroatoms. The van der Waals surface area contributed by atoms with Gasteiger partial charge in [0.15, 0.2) is 0 Å². The van der Waals surface area contributed by atoms with E-state index in [1.54, 1.807) is 11.0 Å². The Labute approximate surface area is 87.8 Å². The topological polar surface area (TPSA) is 54.5 Å². The molecule has 74 valence electrons. The zero-order chi connectivity index (χ0) is 10.7. The van der Waals surface area contributed by atoms with Crippen LogP contribution in [-0.4, -0.2) is 14.8 Å². The number of nitriles is 1. The maximum Gasteiger partial charge on any atom is 0.252 e. The summed E-state index contributed by atoms with van der Waals surface area (Å²) >= 11 is 0. The summed E-state index contributed by atoms with van der Waals surface area (Å²) in [4.78, 5) is 3.87. The third-order valence-electron chi connectivity index (χ3n) is 2.29. The lowest BCUT2D eigenvalue weighted by Crippen LogP contribution is -2.07. The van der Waals surface area contributed by atoms with Crippen molar-refractivity contribution in [2.75, 3.05) is 0 Å². The van der Waals surface area contributed by atoms with Gasteiger partial charge in [-0.3, -0.25) is 0 Å². The van der Waals surface area contributed by atoms with Crippen molar-refractivity contribution in [3.8, 4) is 6.07 Å². The zero-order valence-electron chi connectivity index (χ0n) is 8.33. The number of rotatable bonds is 2. The quantitative estimate of drug-likeness (QED) is 0.738. The van der Waals surface area contributed by atoms with E-state index in [1.165, 1.54) is 0 Å². The summed E-state index contributed by atoms with van der Waals surface area (Å²) in [7, 11) is 0. The maximum atomic E-state index is 8.61. The van der Waals surface area contributed by atoms with Crippen LogP contribution in [0.2, 0.25) is 0 Å². The van der Waals surface area contributed by atoms with Crippen LogP contribution >= 0.6 is 0 Å². The Morgan fingerprint density at radius 3 is 2.67 bits per heavy atom. The van der Waals surface area contributed by atoms with Gasteiger partial charge in [-0.1, -0.05) is 30.3 Å². The first kappa shape index (κ1) is 9.41. The minimum absolute atomic E-state index is 0.0980. The molecule has 0 fully saturated rings. The van der Waals surface area contributed by atoms with Gasteiger partial charge < -0.3 is 0 Å². The van der Waals surface area contributed by atoms with E-state index in [4.69, 9.17) is 5.26 Å². The molecule has 1 heterocycles. The molecule has 1 atom stereocenters. The third kappa shape index (κ3) is 1.86. The van der Waals surface area contributed by atoms with Crippen molar-refractivity contribution >= 4 is 0 Å². The predicted octanol–water partition coefficient (Wildman–Crippen LogP) is 1.76. The average molecular weight is 198 g/mol. The van der Waals surface area contributed by atoms with Crippen molar-refractivity contribution in [1.82, 2.24) is 14.8 Å². The second-order valence-corrected chi connectivity index (χ2v) is 3.25. The molecule has 2 rings (SSSR count). The maximum absolute atomic E-state index is 8.61. The number of nitrogens with zero attached hydrogens (tertiary/aromatic N) is 4. The fraction of sp³-hybridized carbons (Fsp3) is 0.182. The van der Waals surface area contributed by atoms with E-state index in [-0.39, 0.29) is 11.9 Å². The minimum atomic E-state index is 0.0980. The number of aromatic nitrogens is 3. The van der Waals surface area contributed by atoms with E-state index in [9.17, 15) is 0 Å². The first-order valence-electron chi connectivity index (χ1n) is 4.67. The Morgan fingerprint density at radius 1 is 1.33 bits per heavy atom. The SMILES string of the molecule is CC(c1ccccc1)n1cnc(C#N)n1. The molecule has 0 bridgehead atoms. The van der Waals surface area contributed by atoms with Gasteiger partial charge >= 0.3 is 0 Å². The summed E-state index contributed by atoms with van der Waals surface area (Å²) in [6.07, 6.45) is 1.58. The fourth-order valence-corrected chi connectivity index (χ4v) is 1.40. The van der Waals surface area contributed by atoms with Crippen molar-refractivity contribution in [3.63, 3.8) is 0 Å². The Balaban J connectivity index is 2.29. The van der Waals surface area contributed by atoms with Crippen LogP contribution in [0.15, 0.2) is 36.7 Å². The molecule has 0 saturated heterocycles. The summed E-state index contributed by atoms with van der Waals surface area (Å²) in [6, 6.07) is 12.0. The van der Waals surface area contributed by atoms with Crippen LogP contribution in [0.5, 0.6) is 0 Å². The van der Waals surface area contributed by atoms with Crippen molar-refractivity contribution < 1.29 is 0 Å². The Morgan fingerprint density at radius 2 is 2.07 bits per heavy atom. The standard InChI is InChI=1S/C11H10N4/c1-9(10-5-3-2-4-6-10)15-8-13-11(7-12)14-15/h2-6,8-9H,1H3. The Hall–Kier alpha value is -2.15. The normalized spacial score (nSPS) is 12.0. The summed E-state index contributed by atoms with van der Waals surface area (Å²) in [5.74, 6) is 0.206. The second-order valence-electron chi connectivity index (χ2n) is 3.25. The first-order valence-corrected chi connectivity index (χ1v) is 4.67. The highest BCUT2D eigenvalue weighted by molar-refractivity contribution is 5.19. The number of benzene rings is 1. The molecule has 0 amide bonds. The molecule has 2 aromatic rings. The van der Waals surface area contributed by atoms with Crippen molar-refractivity contribution in [3.05, 3.63) is 48.0 Å². The van der Waals surface area contributed by atoms with Gasteiger partial charge in [-0.15, -0.1) is 5.10 Å². The smallest absolute Gasteiger partial charge is 0.244 e. The van der Waals surface area contributed by atoms with E-state index in [0.29, 0.717) is 0 Å². The largest absolute Gasteiger partial charge is 0.252 e. The molecule has 1 unspecified atom stereocenters. The van der Waals surface area contributed by atoms with E-state index in [0.717, 1.165) is 5.56 Å². The zero-order valence-corrected chi connectivity index (χ0v) is 8.33. The van der Waals surface area contributed by atoms with E-state index >= 15 is 0 Å². The molecular formula is C11H10N4. The van der Waals surface area contributed by atoms with Gasteiger partial charge in [0.05, 0.1) is 6.04 Å². The first-order chi connectivity index (χ1) is 7.31. The summed E-state index contributed by atoms with van der Waals surface area (Å²) in [5, 5.41) is 12.7. The Kier molecular flexibility index (Phi) is 2.46. The van der Waals surface area contributed by atoms with Gasteiger partial charge in [0, 0.05) is 0 Å². The lowest BCUT2D eigenvalue weighted by molar-refractivity contribution is 0.561. The van der Waals surface area contributed by atoms with Gasteiger partial charge in [-0.05, 0) is 12.5 Å². The highest BCUT2D eigenvalue weighted by Crippen LogP contribution is 2.15. The van der Waals surface area contributed by atoms with Crippen LogP contribution in [0.4, 0.5) is 0 Å². The molecule has 0 spiro atoms. The second kappa shape index (κ2) is 3.93. The lowest BCUT2D eigenvalue weighted by atomic mass is 10.1. The molecule has 1 aromatic heterocycles. The van der Waals surface area contributed by atoms with Crippen molar-refractivity contribution in [2.24, 2.45) is 0 Å². The van der Waals surface area contributed by atoms with E-state index in [2.05, 4.69) is 10.1 Å². The monoisotopic (exact) mass is 198 g/mol. The molecule has 0 radical (unpaired) electrons. The van der Waals surface area contributed by atoms with E-state index < -0.39 is 0 Å². The molecule has 4 nitrogen and oxygen atoms in total. The fourth-order valence-electron chi connectivity index (χ4n) is 1.40. The molecular weight excluding hydrogens is 188 g/mol.